The number of hydrogen-bond acceptors (Lipinski definition) is 3. The summed E-state index contributed by atoms with van der Waals surface area (Å²) in [5.41, 5.74) is 2.43. The lowest BCUT2D eigenvalue weighted by molar-refractivity contribution is 0.0951. The van der Waals surface area contributed by atoms with Crippen molar-refractivity contribution in [2.75, 3.05) is 6.61 Å². The molecule has 1 aromatic carbocycles. The molecule has 0 aromatic heterocycles. The second kappa shape index (κ2) is 5.66. The quantitative estimate of drug-likeness (QED) is 0.487. The van der Waals surface area contributed by atoms with E-state index in [1.165, 1.54) is 12.1 Å². The van der Waals surface area contributed by atoms with Gasteiger partial charge in [0.25, 0.3) is 5.91 Å². The van der Waals surface area contributed by atoms with Crippen LogP contribution in [0.1, 0.15) is 15.9 Å². The molecular weight excluding hydrogens is 223 g/mol. The number of nitrogens with one attached hydrogen (secondary N) is 1. The Morgan fingerprint density at radius 3 is 3.00 bits per heavy atom. The first kappa shape index (κ1) is 12.7. The molecule has 0 saturated carbocycles. The zero-order chi connectivity index (χ0) is 12.8. The van der Waals surface area contributed by atoms with Crippen LogP contribution in [0, 0.1) is 25.1 Å². The van der Waals surface area contributed by atoms with Crippen LogP contribution in [0.3, 0.4) is 0 Å². The second-order valence-corrected chi connectivity index (χ2v) is 3.19. The number of hydrazone groups is 1. The van der Waals surface area contributed by atoms with Gasteiger partial charge in [-0.1, -0.05) is 5.92 Å². The van der Waals surface area contributed by atoms with E-state index in [9.17, 15) is 9.18 Å². The van der Waals surface area contributed by atoms with Crippen LogP contribution in [0.4, 0.5) is 4.39 Å². The van der Waals surface area contributed by atoms with Crippen molar-refractivity contribution in [1.82, 2.24) is 5.43 Å². The van der Waals surface area contributed by atoms with Crippen molar-refractivity contribution in [3.05, 3.63) is 29.1 Å². The Hall–Kier alpha value is -2.35. The van der Waals surface area contributed by atoms with E-state index >= 15 is 0 Å². The number of nitrogens with zero attached hydrogens (tertiary/aromatic N) is 1. The predicted octanol–water partition coefficient (Wildman–Crippen LogP) is 1.49. The van der Waals surface area contributed by atoms with Crippen molar-refractivity contribution < 1.29 is 13.9 Å². The molecule has 0 aliphatic heterocycles. The Kier molecular flexibility index (Phi) is 4.23. The van der Waals surface area contributed by atoms with Gasteiger partial charge in [-0.05, 0) is 24.6 Å². The van der Waals surface area contributed by atoms with Gasteiger partial charge in [-0.3, -0.25) is 4.79 Å². The first-order valence-corrected chi connectivity index (χ1v) is 4.72. The van der Waals surface area contributed by atoms with E-state index in [0.717, 1.165) is 0 Å². The van der Waals surface area contributed by atoms with Crippen molar-refractivity contribution in [2.24, 2.45) is 5.10 Å². The summed E-state index contributed by atoms with van der Waals surface area (Å²) in [6.45, 7) is 4.79. The van der Waals surface area contributed by atoms with Gasteiger partial charge in [0.1, 0.15) is 18.2 Å². The number of ether oxygens (including phenoxy) is 1. The molecule has 0 heterocycles. The van der Waals surface area contributed by atoms with Gasteiger partial charge >= 0.3 is 0 Å². The molecule has 0 aliphatic rings. The summed E-state index contributed by atoms with van der Waals surface area (Å²) in [6.07, 6.45) is 5.05. The number of rotatable bonds is 4. The number of carbonyl (C=O) groups is 1. The third-order valence-corrected chi connectivity index (χ3v) is 2.00. The summed E-state index contributed by atoms with van der Waals surface area (Å²) in [5.74, 6) is 1.30. The predicted molar refractivity (Wildman–Crippen MR) is 62.5 cm³/mol. The second-order valence-electron chi connectivity index (χ2n) is 3.19. The summed E-state index contributed by atoms with van der Waals surface area (Å²) in [4.78, 5) is 11.4. The maximum atomic E-state index is 13.5. The molecule has 88 valence electrons. The molecule has 1 aromatic rings. The minimum atomic E-state index is -0.692. The molecule has 0 unspecified atom stereocenters. The van der Waals surface area contributed by atoms with Crippen molar-refractivity contribution in [3.63, 3.8) is 0 Å². The summed E-state index contributed by atoms with van der Waals surface area (Å²) >= 11 is 0. The van der Waals surface area contributed by atoms with Gasteiger partial charge in [-0.25, -0.2) is 9.82 Å². The maximum absolute atomic E-state index is 13.5. The number of halogens is 1. The van der Waals surface area contributed by atoms with E-state index in [2.05, 4.69) is 17.7 Å². The highest BCUT2D eigenvalue weighted by atomic mass is 19.1. The van der Waals surface area contributed by atoms with Crippen LogP contribution < -0.4 is 10.2 Å². The number of carbonyl (C=O) groups excluding carboxylic acids is 1. The number of amides is 1. The first-order chi connectivity index (χ1) is 8.10. The number of terminal acetylenes is 1. The van der Waals surface area contributed by atoms with Crippen LogP contribution in [-0.4, -0.2) is 19.2 Å². The molecule has 0 spiro atoms. The Labute approximate surface area is 98.5 Å². The monoisotopic (exact) mass is 234 g/mol. The van der Waals surface area contributed by atoms with Crippen LogP contribution in [0.25, 0.3) is 0 Å². The van der Waals surface area contributed by atoms with Crippen LogP contribution in [0.15, 0.2) is 17.2 Å². The van der Waals surface area contributed by atoms with Gasteiger partial charge in [0.15, 0.2) is 0 Å². The van der Waals surface area contributed by atoms with Crippen LogP contribution in [-0.2, 0) is 0 Å². The highest BCUT2D eigenvalue weighted by Crippen LogP contribution is 2.22. The minimum absolute atomic E-state index is 0.0488. The van der Waals surface area contributed by atoms with Crippen molar-refractivity contribution in [2.45, 2.75) is 6.92 Å². The van der Waals surface area contributed by atoms with Crippen LogP contribution in [0.5, 0.6) is 5.75 Å². The van der Waals surface area contributed by atoms with E-state index in [4.69, 9.17) is 11.2 Å². The highest BCUT2D eigenvalue weighted by molar-refractivity contribution is 5.94. The average Bonchev–Trinajstić information content (AvgIpc) is 2.28. The fraction of sp³-hybridized carbons (Fsp3) is 0.167. The van der Waals surface area contributed by atoms with Crippen molar-refractivity contribution in [1.29, 1.82) is 0 Å². The Morgan fingerprint density at radius 1 is 1.71 bits per heavy atom. The molecule has 4 nitrogen and oxygen atoms in total. The van der Waals surface area contributed by atoms with Crippen LogP contribution in [0.2, 0.25) is 0 Å². The van der Waals surface area contributed by atoms with E-state index in [0.29, 0.717) is 11.3 Å². The fourth-order valence-corrected chi connectivity index (χ4v) is 1.23. The van der Waals surface area contributed by atoms with Gasteiger partial charge in [0.2, 0.25) is 0 Å². The molecule has 0 aliphatic carbocycles. The molecule has 1 N–H and O–H groups in total. The SMILES string of the molecule is C#CCOc1cc(C(=O)NN=C)c(F)cc1C. The number of benzene rings is 1. The summed E-state index contributed by atoms with van der Waals surface area (Å²) in [7, 11) is 0. The Bertz CT molecular complexity index is 492. The van der Waals surface area contributed by atoms with Gasteiger partial charge in [-0.15, -0.1) is 6.42 Å². The summed E-state index contributed by atoms with van der Waals surface area (Å²) in [5, 5.41) is 3.18. The van der Waals surface area contributed by atoms with Crippen LogP contribution >= 0.6 is 0 Å². The lowest BCUT2D eigenvalue weighted by Crippen LogP contribution is -2.18. The van der Waals surface area contributed by atoms with Gasteiger partial charge in [-0.2, -0.15) is 5.10 Å². The fourth-order valence-electron chi connectivity index (χ4n) is 1.23. The molecule has 5 heteroatoms. The zero-order valence-electron chi connectivity index (χ0n) is 9.29. The third-order valence-electron chi connectivity index (χ3n) is 2.00. The summed E-state index contributed by atoms with van der Waals surface area (Å²) in [6, 6.07) is 2.48. The maximum Gasteiger partial charge on any atom is 0.274 e. The molecule has 0 radical (unpaired) electrons. The lowest BCUT2D eigenvalue weighted by Gasteiger charge is -2.09. The molecule has 1 rings (SSSR count). The smallest absolute Gasteiger partial charge is 0.274 e. The zero-order valence-corrected chi connectivity index (χ0v) is 9.29. The van der Waals surface area contributed by atoms with E-state index in [1.807, 2.05) is 5.43 Å². The van der Waals surface area contributed by atoms with E-state index < -0.39 is 11.7 Å². The average molecular weight is 234 g/mol. The first-order valence-electron chi connectivity index (χ1n) is 4.72. The standard InChI is InChI=1S/C12H11FN2O2/c1-4-5-17-11-7-9(12(16)15-14-3)10(13)6-8(11)2/h1,6-7H,3,5H2,2H3,(H,15,16). The topological polar surface area (TPSA) is 50.7 Å². The lowest BCUT2D eigenvalue weighted by atomic mass is 10.1. The highest BCUT2D eigenvalue weighted by Gasteiger charge is 2.14. The largest absolute Gasteiger partial charge is 0.481 e. The Morgan fingerprint density at radius 2 is 2.41 bits per heavy atom. The van der Waals surface area contributed by atoms with Gasteiger partial charge in [0.05, 0.1) is 5.56 Å². The molecular formula is C12H11FN2O2. The minimum Gasteiger partial charge on any atom is -0.481 e. The van der Waals surface area contributed by atoms with Crippen molar-refractivity contribution in [3.8, 4) is 18.1 Å². The molecule has 0 atom stereocenters. The third kappa shape index (κ3) is 3.05. The normalized spacial score (nSPS) is 9.24. The Balaban J connectivity index is 3.10. The number of aryl methyl sites for hydroxylation is 1. The molecule has 0 fully saturated rings. The molecule has 0 saturated heterocycles. The molecule has 0 bridgehead atoms. The van der Waals surface area contributed by atoms with Gasteiger partial charge in [0, 0.05) is 6.72 Å². The van der Waals surface area contributed by atoms with Crippen molar-refractivity contribution >= 4 is 12.6 Å². The summed E-state index contributed by atoms with van der Waals surface area (Å²) < 4.78 is 18.7. The molecule has 17 heavy (non-hydrogen) atoms. The van der Waals surface area contributed by atoms with E-state index in [-0.39, 0.29) is 12.2 Å². The molecule has 1 amide bonds. The van der Waals surface area contributed by atoms with E-state index in [1.54, 1.807) is 6.92 Å². The number of hydrogen-bond donors (Lipinski definition) is 1. The van der Waals surface area contributed by atoms with Gasteiger partial charge < -0.3 is 4.74 Å².